The smallest absolute Gasteiger partial charge is 0.222 e. The molecule has 1 atom stereocenters. The van der Waals surface area contributed by atoms with Gasteiger partial charge >= 0.3 is 0 Å². The summed E-state index contributed by atoms with van der Waals surface area (Å²) in [5.41, 5.74) is 1.57. The van der Waals surface area contributed by atoms with Gasteiger partial charge in [-0.25, -0.2) is 4.39 Å². The largest absolute Gasteiger partial charge is 0.345 e. The Morgan fingerprint density at radius 1 is 1.31 bits per heavy atom. The minimum Gasteiger partial charge on any atom is -0.345 e. The van der Waals surface area contributed by atoms with Crippen molar-refractivity contribution in [3.05, 3.63) is 64.7 Å². The van der Waals surface area contributed by atoms with Gasteiger partial charge in [0.25, 0.3) is 0 Å². The highest BCUT2D eigenvalue weighted by Crippen LogP contribution is 2.26. The fraction of sp³-hybridized carbons (Fsp3) is 0.478. The molecule has 0 spiro atoms. The molecule has 1 aromatic heterocycles. The molecule has 4 nitrogen and oxygen atoms in total. The number of amides is 1. The van der Waals surface area contributed by atoms with Gasteiger partial charge < -0.3 is 4.90 Å². The molecule has 1 amide bonds. The van der Waals surface area contributed by atoms with Gasteiger partial charge in [-0.15, -0.1) is 0 Å². The van der Waals surface area contributed by atoms with Crippen LogP contribution in [0.2, 0.25) is 5.02 Å². The van der Waals surface area contributed by atoms with Crippen LogP contribution in [0, 0.1) is 11.7 Å². The maximum absolute atomic E-state index is 14.1. The fourth-order valence-corrected chi connectivity index (χ4v) is 4.13. The van der Waals surface area contributed by atoms with Crippen molar-refractivity contribution in [2.75, 3.05) is 26.7 Å². The Morgan fingerprint density at radius 3 is 2.93 bits per heavy atom. The Hall–Kier alpha value is -1.98. The van der Waals surface area contributed by atoms with Crippen molar-refractivity contribution in [1.82, 2.24) is 14.8 Å². The second kappa shape index (κ2) is 10.7. The molecule has 3 rings (SSSR count). The van der Waals surface area contributed by atoms with Gasteiger partial charge in [-0.1, -0.05) is 23.7 Å². The van der Waals surface area contributed by atoms with Crippen LogP contribution in [-0.4, -0.2) is 47.4 Å². The second-order valence-electron chi connectivity index (χ2n) is 7.87. The number of aromatic nitrogens is 1. The van der Waals surface area contributed by atoms with E-state index in [1.807, 2.05) is 25.2 Å². The molecule has 1 aliphatic heterocycles. The third-order valence-electron chi connectivity index (χ3n) is 5.67. The molecule has 156 valence electrons. The van der Waals surface area contributed by atoms with Crippen molar-refractivity contribution in [1.29, 1.82) is 0 Å². The van der Waals surface area contributed by atoms with Crippen molar-refractivity contribution >= 4 is 17.5 Å². The molecule has 0 saturated carbocycles. The van der Waals surface area contributed by atoms with Crippen molar-refractivity contribution < 1.29 is 9.18 Å². The van der Waals surface area contributed by atoms with Crippen molar-refractivity contribution in [3.8, 4) is 0 Å². The molecular weight excluding hydrogens is 389 g/mol. The van der Waals surface area contributed by atoms with Gasteiger partial charge in [0.15, 0.2) is 0 Å². The first kappa shape index (κ1) is 21.7. The number of carbonyl (C=O) groups is 1. The highest BCUT2D eigenvalue weighted by atomic mass is 35.5. The molecule has 1 aromatic carbocycles. The minimum atomic E-state index is -0.246. The van der Waals surface area contributed by atoms with Crippen LogP contribution < -0.4 is 0 Å². The number of halogens is 2. The number of likely N-dealkylation sites (N-methyl/N-ethyl adjacent to an activating group) is 1. The van der Waals surface area contributed by atoms with Crippen LogP contribution in [0.15, 0.2) is 42.6 Å². The van der Waals surface area contributed by atoms with E-state index in [4.69, 9.17) is 11.6 Å². The average molecular weight is 418 g/mol. The van der Waals surface area contributed by atoms with E-state index in [0.29, 0.717) is 36.0 Å². The van der Waals surface area contributed by atoms with Crippen LogP contribution >= 0.6 is 11.6 Å². The molecule has 6 heteroatoms. The molecule has 2 aromatic rings. The first-order valence-corrected chi connectivity index (χ1v) is 10.7. The van der Waals surface area contributed by atoms with E-state index in [9.17, 15) is 9.18 Å². The van der Waals surface area contributed by atoms with Gasteiger partial charge in [-0.2, -0.15) is 0 Å². The number of benzene rings is 1. The average Bonchev–Trinajstić information content (AvgIpc) is 2.74. The number of rotatable bonds is 8. The summed E-state index contributed by atoms with van der Waals surface area (Å²) in [5.74, 6) is 0.391. The Balaban J connectivity index is 1.43. The molecule has 1 saturated heterocycles. The van der Waals surface area contributed by atoms with Crippen molar-refractivity contribution in [2.45, 2.75) is 38.6 Å². The third kappa shape index (κ3) is 6.51. The van der Waals surface area contributed by atoms with Crippen LogP contribution in [0.1, 0.15) is 36.9 Å². The SMILES string of the molecule is CN(CCc1ccccn1)C(=O)CCC1CCCN(Cc2c(F)cccc2Cl)C1. The molecule has 2 heterocycles. The van der Waals surface area contributed by atoms with E-state index in [1.54, 1.807) is 23.2 Å². The van der Waals surface area contributed by atoms with E-state index in [2.05, 4.69) is 9.88 Å². The zero-order valence-electron chi connectivity index (χ0n) is 17.0. The summed E-state index contributed by atoms with van der Waals surface area (Å²) >= 11 is 6.18. The predicted octanol–water partition coefficient (Wildman–Crippen LogP) is 4.57. The zero-order valence-corrected chi connectivity index (χ0v) is 17.7. The molecule has 0 aliphatic carbocycles. The van der Waals surface area contributed by atoms with E-state index >= 15 is 0 Å². The summed E-state index contributed by atoms with van der Waals surface area (Å²) in [5, 5.41) is 0.483. The maximum atomic E-state index is 14.1. The molecule has 0 N–H and O–H groups in total. The lowest BCUT2D eigenvalue weighted by molar-refractivity contribution is -0.130. The van der Waals surface area contributed by atoms with Crippen LogP contribution in [0.25, 0.3) is 0 Å². The van der Waals surface area contributed by atoms with Crippen LogP contribution in [0.3, 0.4) is 0 Å². The first-order chi connectivity index (χ1) is 14.0. The second-order valence-corrected chi connectivity index (χ2v) is 8.28. The maximum Gasteiger partial charge on any atom is 0.222 e. The molecule has 0 bridgehead atoms. The summed E-state index contributed by atoms with van der Waals surface area (Å²) in [7, 11) is 1.86. The first-order valence-electron chi connectivity index (χ1n) is 10.3. The summed E-state index contributed by atoms with van der Waals surface area (Å²) in [4.78, 5) is 20.9. The Labute approximate surface area is 177 Å². The van der Waals surface area contributed by atoms with E-state index in [1.165, 1.54) is 6.07 Å². The van der Waals surface area contributed by atoms with Crippen LogP contribution in [-0.2, 0) is 17.8 Å². The lowest BCUT2D eigenvalue weighted by atomic mass is 9.93. The third-order valence-corrected chi connectivity index (χ3v) is 6.02. The number of nitrogens with zero attached hydrogens (tertiary/aromatic N) is 3. The van der Waals surface area contributed by atoms with E-state index in [-0.39, 0.29) is 11.7 Å². The summed E-state index contributed by atoms with van der Waals surface area (Å²) in [6.07, 6.45) is 6.16. The Bertz CT molecular complexity index is 782. The number of piperidine rings is 1. The van der Waals surface area contributed by atoms with Gasteiger partial charge in [0, 0.05) is 62.0 Å². The quantitative estimate of drug-likeness (QED) is 0.631. The van der Waals surface area contributed by atoms with Gasteiger partial charge in [-0.3, -0.25) is 14.7 Å². The minimum absolute atomic E-state index is 0.176. The van der Waals surface area contributed by atoms with Gasteiger partial charge in [0.2, 0.25) is 5.91 Å². The molecule has 0 radical (unpaired) electrons. The topological polar surface area (TPSA) is 36.4 Å². The number of hydrogen-bond donors (Lipinski definition) is 0. The lowest BCUT2D eigenvalue weighted by Crippen LogP contribution is -2.36. The standard InChI is InChI=1S/C23H29ClFN3O/c1-27(15-12-19-7-2-3-13-26-19)23(29)11-10-18-6-5-14-28(16-18)17-20-21(24)8-4-9-22(20)25/h2-4,7-9,13,18H,5-6,10-12,14-17H2,1H3. The predicted molar refractivity (Wildman–Crippen MR) is 114 cm³/mol. The van der Waals surface area contributed by atoms with Gasteiger partial charge in [0.1, 0.15) is 5.82 Å². The highest BCUT2D eigenvalue weighted by molar-refractivity contribution is 6.31. The zero-order chi connectivity index (χ0) is 20.6. The number of hydrogen-bond acceptors (Lipinski definition) is 3. The number of pyridine rings is 1. The molecule has 1 unspecified atom stereocenters. The van der Waals surface area contributed by atoms with E-state index < -0.39 is 0 Å². The van der Waals surface area contributed by atoms with Crippen molar-refractivity contribution in [2.24, 2.45) is 5.92 Å². The fourth-order valence-electron chi connectivity index (χ4n) is 3.91. The van der Waals surface area contributed by atoms with E-state index in [0.717, 1.165) is 44.5 Å². The molecule has 1 aliphatic rings. The molecule has 1 fully saturated rings. The summed E-state index contributed by atoms with van der Waals surface area (Å²) < 4.78 is 14.1. The van der Waals surface area contributed by atoms with Crippen LogP contribution in [0.4, 0.5) is 4.39 Å². The molecular formula is C23H29ClFN3O. The van der Waals surface area contributed by atoms with Crippen molar-refractivity contribution in [3.63, 3.8) is 0 Å². The van der Waals surface area contributed by atoms with Crippen LogP contribution in [0.5, 0.6) is 0 Å². The summed E-state index contributed by atoms with van der Waals surface area (Å²) in [6.45, 7) is 3.03. The Kier molecular flexibility index (Phi) is 8.01. The monoisotopic (exact) mass is 417 g/mol. The van der Waals surface area contributed by atoms with Gasteiger partial charge in [0.05, 0.1) is 0 Å². The summed E-state index contributed by atoms with van der Waals surface area (Å²) in [6, 6.07) is 10.7. The molecule has 29 heavy (non-hydrogen) atoms. The lowest BCUT2D eigenvalue weighted by Gasteiger charge is -2.33. The number of carbonyl (C=O) groups excluding carboxylic acids is 1. The van der Waals surface area contributed by atoms with Gasteiger partial charge in [-0.05, 0) is 56.0 Å². The normalized spacial score (nSPS) is 17.3. The Morgan fingerprint density at radius 2 is 2.17 bits per heavy atom. The number of likely N-dealkylation sites (tertiary alicyclic amines) is 1. The highest BCUT2D eigenvalue weighted by Gasteiger charge is 2.23.